The zero-order valence-electron chi connectivity index (χ0n) is 9.04. The molecule has 0 bridgehead atoms. The van der Waals surface area contributed by atoms with E-state index in [0.717, 1.165) is 49.7 Å². The van der Waals surface area contributed by atoms with Crippen LogP contribution >= 0.6 is 15.9 Å². The first-order chi connectivity index (χ1) is 7.31. The molecule has 1 aliphatic heterocycles. The first-order valence-electron chi connectivity index (χ1n) is 5.44. The van der Waals surface area contributed by atoms with E-state index in [-0.39, 0.29) is 0 Å². The van der Waals surface area contributed by atoms with Crippen molar-refractivity contribution < 1.29 is 0 Å². The maximum atomic E-state index is 4.43. The van der Waals surface area contributed by atoms with E-state index in [4.69, 9.17) is 0 Å². The monoisotopic (exact) mass is 272 g/mol. The zero-order valence-corrected chi connectivity index (χ0v) is 10.6. The fourth-order valence-electron chi connectivity index (χ4n) is 1.92. The molecule has 0 atom stereocenters. The molecular formula is C10H17BrN4. The smallest absolute Gasteiger partial charge is 0.123 e. The molecule has 1 saturated heterocycles. The van der Waals surface area contributed by atoms with Crippen LogP contribution in [0.5, 0.6) is 0 Å². The number of nitrogens with one attached hydrogen (secondary N) is 1. The van der Waals surface area contributed by atoms with E-state index >= 15 is 0 Å². The van der Waals surface area contributed by atoms with Crippen LogP contribution < -0.4 is 5.32 Å². The average molecular weight is 273 g/mol. The van der Waals surface area contributed by atoms with Gasteiger partial charge in [0.25, 0.3) is 0 Å². The molecular weight excluding hydrogens is 256 g/mol. The molecule has 15 heavy (non-hydrogen) atoms. The van der Waals surface area contributed by atoms with Gasteiger partial charge in [0.2, 0.25) is 0 Å². The van der Waals surface area contributed by atoms with Gasteiger partial charge in [-0.2, -0.15) is 0 Å². The van der Waals surface area contributed by atoms with Gasteiger partial charge < -0.3 is 9.88 Å². The quantitative estimate of drug-likeness (QED) is 0.894. The second-order valence-electron chi connectivity index (χ2n) is 3.77. The summed E-state index contributed by atoms with van der Waals surface area (Å²) in [5, 5.41) is 3.36. The number of halogens is 1. The molecule has 0 radical (unpaired) electrons. The summed E-state index contributed by atoms with van der Waals surface area (Å²) in [6.45, 7) is 8.50. The lowest BCUT2D eigenvalue weighted by Gasteiger charge is -2.26. The molecule has 0 saturated carbocycles. The van der Waals surface area contributed by atoms with Crippen LogP contribution in [0.1, 0.15) is 12.7 Å². The minimum absolute atomic E-state index is 0.959. The summed E-state index contributed by atoms with van der Waals surface area (Å²) in [5.41, 5.74) is 0. The molecule has 4 nitrogen and oxygen atoms in total. The van der Waals surface area contributed by atoms with E-state index in [1.807, 2.05) is 6.20 Å². The van der Waals surface area contributed by atoms with Gasteiger partial charge in [0.15, 0.2) is 0 Å². The third kappa shape index (κ3) is 2.59. The molecule has 0 aromatic carbocycles. The SMILES string of the molecule is CCn1c(Br)cnc1CN1CCNCC1. The molecule has 0 aliphatic carbocycles. The van der Waals surface area contributed by atoms with Gasteiger partial charge in [-0.05, 0) is 22.9 Å². The Labute approximate surface area is 98.8 Å². The van der Waals surface area contributed by atoms with E-state index in [1.54, 1.807) is 0 Å². The minimum Gasteiger partial charge on any atom is -0.322 e. The summed E-state index contributed by atoms with van der Waals surface area (Å²) < 4.78 is 3.29. The summed E-state index contributed by atoms with van der Waals surface area (Å²) in [6, 6.07) is 0. The van der Waals surface area contributed by atoms with E-state index < -0.39 is 0 Å². The van der Waals surface area contributed by atoms with Crippen LogP contribution in [0.15, 0.2) is 10.8 Å². The van der Waals surface area contributed by atoms with Gasteiger partial charge in [-0.3, -0.25) is 4.90 Å². The average Bonchev–Trinajstić information content (AvgIpc) is 2.61. The van der Waals surface area contributed by atoms with Gasteiger partial charge in [0.1, 0.15) is 10.4 Å². The van der Waals surface area contributed by atoms with E-state index in [1.165, 1.54) is 0 Å². The normalized spacial score (nSPS) is 18.3. The van der Waals surface area contributed by atoms with E-state index in [9.17, 15) is 0 Å². The zero-order chi connectivity index (χ0) is 10.7. The molecule has 2 heterocycles. The lowest BCUT2D eigenvalue weighted by Crippen LogP contribution is -2.43. The van der Waals surface area contributed by atoms with E-state index in [0.29, 0.717) is 0 Å². The Bertz CT molecular complexity index is 317. The standard InChI is InChI=1S/C10H17BrN4/c1-2-15-9(11)7-13-10(15)8-14-5-3-12-4-6-14/h7,12H,2-6,8H2,1H3. The van der Waals surface area contributed by atoms with Gasteiger partial charge in [-0.25, -0.2) is 4.98 Å². The number of aromatic nitrogens is 2. The fourth-order valence-corrected chi connectivity index (χ4v) is 2.48. The van der Waals surface area contributed by atoms with Crippen molar-refractivity contribution in [2.45, 2.75) is 20.0 Å². The van der Waals surface area contributed by atoms with Crippen LogP contribution in [-0.2, 0) is 13.1 Å². The number of piperazine rings is 1. The Hall–Kier alpha value is -0.390. The number of imidazole rings is 1. The van der Waals surface area contributed by atoms with Gasteiger partial charge in [0, 0.05) is 32.7 Å². The Morgan fingerprint density at radius 3 is 2.87 bits per heavy atom. The van der Waals surface area contributed by atoms with Crippen molar-refractivity contribution in [2.75, 3.05) is 26.2 Å². The van der Waals surface area contributed by atoms with Crippen molar-refractivity contribution in [3.8, 4) is 0 Å². The lowest BCUT2D eigenvalue weighted by atomic mass is 10.3. The molecule has 5 heteroatoms. The van der Waals surface area contributed by atoms with Crippen molar-refractivity contribution in [1.29, 1.82) is 0 Å². The van der Waals surface area contributed by atoms with Gasteiger partial charge in [0.05, 0.1) is 12.7 Å². The highest BCUT2D eigenvalue weighted by molar-refractivity contribution is 9.10. The Morgan fingerprint density at radius 1 is 1.47 bits per heavy atom. The molecule has 1 N–H and O–H groups in total. The highest BCUT2D eigenvalue weighted by Crippen LogP contribution is 2.14. The highest BCUT2D eigenvalue weighted by atomic mass is 79.9. The first kappa shape index (κ1) is 11.1. The van der Waals surface area contributed by atoms with Crippen molar-refractivity contribution >= 4 is 15.9 Å². The molecule has 0 amide bonds. The Balaban J connectivity index is 2.02. The van der Waals surface area contributed by atoms with Crippen LogP contribution in [0.2, 0.25) is 0 Å². The summed E-state index contributed by atoms with van der Waals surface area (Å²) >= 11 is 3.51. The van der Waals surface area contributed by atoms with Crippen molar-refractivity contribution in [3.05, 3.63) is 16.6 Å². The predicted octanol–water partition coefficient (Wildman–Crippen LogP) is 1.07. The van der Waals surface area contributed by atoms with Gasteiger partial charge >= 0.3 is 0 Å². The number of nitrogens with zero attached hydrogens (tertiary/aromatic N) is 3. The molecule has 1 aromatic heterocycles. The van der Waals surface area contributed by atoms with Gasteiger partial charge in [-0.1, -0.05) is 0 Å². The predicted molar refractivity (Wildman–Crippen MR) is 63.7 cm³/mol. The number of hydrogen-bond acceptors (Lipinski definition) is 3. The molecule has 2 rings (SSSR count). The molecule has 0 unspecified atom stereocenters. The maximum Gasteiger partial charge on any atom is 0.123 e. The van der Waals surface area contributed by atoms with Crippen LogP contribution in [-0.4, -0.2) is 40.6 Å². The fraction of sp³-hybridized carbons (Fsp3) is 0.700. The maximum absolute atomic E-state index is 4.43. The second kappa shape index (κ2) is 5.09. The molecule has 1 aliphatic rings. The van der Waals surface area contributed by atoms with E-state index in [2.05, 4.69) is 42.6 Å². The van der Waals surface area contributed by atoms with Crippen molar-refractivity contribution in [2.24, 2.45) is 0 Å². The highest BCUT2D eigenvalue weighted by Gasteiger charge is 2.13. The minimum atomic E-state index is 0.959. The molecule has 1 fully saturated rings. The summed E-state index contributed by atoms with van der Waals surface area (Å²) in [4.78, 5) is 6.88. The largest absolute Gasteiger partial charge is 0.322 e. The van der Waals surface area contributed by atoms with Crippen LogP contribution in [0.4, 0.5) is 0 Å². The van der Waals surface area contributed by atoms with Crippen LogP contribution in [0.25, 0.3) is 0 Å². The van der Waals surface area contributed by atoms with Crippen molar-refractivity contribution in [1.82, 2.24) is 19.8 Å². The topological polar surface area (TPSA) is 33.1 Å². The van der Waals surface area contributed by atoms with Crippen LogP contribution in [0, 0.1) is 0 Å². The second-order valence-corrected chi connectivity index (χ2v) is 4.58. The molecule has 1 aromatic rings. The summed E-state index contributed by atoms with van der Waals surface area (Å²) in [6.07, 6.45) is 1.89. The van der Waals surface area contributed by atoms with Crippen LogP contribution in [0.3, 0.4) is 0 Å². The number of hydrogen-bond donors (Lipinski definition) is 1. The molecule has 0 spiro atoms. The molecule has 84 valence electrons. The third-order valence-corrected chi connectivity index (χ3v) is 3.41. The first-order valence-corrected chi connectivity index (χ1v) is 6.23. The Kier molecular flexibility index (Phi) is 3.77. The lowest BCUT2D eigenvalue weighted by molar-refractivity contribution is 0.225. The van der Waals surface area contributed by atoms with Gasteiger partial charge in [-0.15, -0.1) is 0 Å². The van der Waals surface area contributed by atoms with Crippen molar-refractivity contribution in [3.63, 3.8) is 0 Å². The number of rotatable bonds is 3. The summed E-state index contributed by atoms with van der Waals surface area (Å²) in [5.74, 6) is 1.16. The third-order valence-electron chi connectivity index (χ3n) is 2.78. The summed E-state index contributed by atoms with van der Waals surface area (Å²) in [7, 11) is 0. The Morgan fingerprint density at radius 2 is 2.20 bits per heavy atom.